The van der Waals surface area contributed by atoms with Crippen molar-refractivity contribution in [3.05, 3.63) is 35.7 Å². The number of H-pyrrole nitrogens is 1. The number of likely N-dealkylation sites (tertiary alicyclic amines) is 1. The number of aromatic nitrogens is 3. The minimum Gasteiger partial charge on any atom is -0.357 e. The Bertz CT molecular complexity index is 576. The first kappa shape index (κ1) is 12.9. The lowest BCUT2D eigenvalue weighted by Crippen LogP contribution is -2.35. The average molecular weight is 274 g/mol. The third-order valence-corrected chi connectivity index (χ3v) is 3.68. The van der Waals surface area contributed by atoms with Crippen LogP contribution >= 0.6 is 0 Å². The largest absolute Gasteiger partial charge is 0.357 e. The molecule has 1 saturated heterocycles. The molecule has 0 saturated carbocycles. The van der Waals surface area contributed by atoms with E-state index in [1.807, 2.05) is 11.0 Å². The highest BCUT2D eigenvalue weighted by Crippen LogP contribution is 2.29. The van der Waals surface area contributed by atoms with E-state index in [0.29, 0.717) is 17.4 Å². The quantitative estimate of drug-likeness (QED) is 0.912. The molecule has 6 nitrogen and oxygen atoms in total. The Morgan fingerprint density at radius 2 is 2.35 bits per heavy atom. The summed E-state index contributed by atoms with van der Waals surface area (Å²) >= 11 is 0. The molecule has 1 aliphatic heterocycles. The monoisotopic (exact) mass is 274 g/mol. The summed E-state index contributed by atoms with van der Waals surface area (Å²) in [5.74, 6) is 1.16. The Morgan fingerprint density at radius 3 is 3.05 bits per heavy atom. The fourth-order valence-electron chi connectivity index (χ4n) is 2.69. The molecule has 0 spiro atoms. The molecule has 6 heteroatoms. The van der Waals surface area contributed by atoms with Crippen LogP contribution in [0.1, 0.15) is 53.9 Å². The van der Waals surface area contributed by atoms with Crippen molar-refractivity contribution in [2.45, 2.75) is 38.6 Å². The van der Waals surface area contributed by atoms with Gasteiger partial charge in [0.25, 0.3) is 5.91 Å². The van der Waals surface area contributed by atoms with E-state index < -0.39 is 0 Å². The van der Waals surface area contributed by atoms with E-state index in [2.05, 4.69) is 15.1 Å². The van der Waals surface area contributed by atoms with E-state index in [9.17, 15) is 4.79 Å². The summed E-state index contributed by atoms with van der Waals surface area (Å²) in [5, 5.41) is 4.00. The molecule has 20 heavy (non-hydrogen) atoms. The highest BCUT2D eigenvalue weighted by Gasteiger charge is 2.31. The van der Waals surface area contributed by atoms with Gasteiger partial charge in [-0.05, 0) is 25.0 Å². The van der Waals surface area contributed by atoms with E-state index in [1.54, 1.807) is 19.2 Å². The van der Waals surface area contributed by atoms with Crippen molar-refractivity contribution in [1.82, 2.24) is 20.0 Å². The van der Waals surface area contributed by atoms with Crippen LogP contribution in [0.2, 0.25) is 0 Å². The lowest BCUT2D eigenvalue weighted by Gasteiger charge is -2.27. The number of rotatable bonds is 2. The summed E-state index contributed by atoms with van der Waals surface area (Å²) in [5.41, 5.74) is 0.608. The first-order valence-corrected chi connectivity index (χ1v) is 7.00. The Balaban J connectivity index is 1.89. The summed E-state index contributed by atoms with van der Waals surface area (Å²) in [6.07, 6.45) is 5.86. The van der Waals surface area contributed by atoms with Gasteiger partial charge in [0.05, 0.1) is 6.04 Å². The van der Waals surface area contributed by atoms with E-state index in [1.165, 1.54) is 0 Å². The molecule has 106 valence electrons. The predicted molar refractivity (Wildman–Crippen MR) is 72.1 cm³/mol. The Kier molecular flexibility index (Phi) is 3.54. The number of aromatic amines is 1. The zero-order valence-corrected chi connectivity index (χ0v) is 11.5. The molecule has 1 N–H and O–H groups in total. The molecule has 0 bridgehead atoms. The maximum absolute atomic E-state index is 12.6. The van der Waals surface area contributed by atoms with Crippen LogP contribution in [0, 0.1) is 6.92 Å². The first-order chi connectivity index (χ1) is 9.75. The molecule has 2 aromatic rings. The van der Waals surface area contributed by atoms with Gasteiger partial charge in [0.2, 0.25) is 5.89 Å². The Morgan fingerprint density at radius 1 is 1.45 bits per heavy atom. The number of aryl methyl sites for hydroxylation is 1. The van der Waals surface area contributed by atoms with Crippen LogP contribution in [0.4, 0.5) is 0 Å². The molecule has 0 radical (unpaired) electrons. The van der Waals surface area contributed by atoms with Crippen molar-refractivity contribution >= 4 is 5.91 Å². The van der Waals surface area contributed by atoms with E-state index in [-0.39, 0.29) is 11.9 Å². The van der Waals surface area contributed by atoms with Crippen molar-refractivity contribution in [2.75, 3.05) is 6.54 Å². The third kappa shape index (κ3) is 2.45. The van der Waals surface area contributed by atoms with Crippen LogP contribution in [0.25, 0.3) is 0 Å². The van der Waals surface area contributed by atoms with Crippen molar-refractivity contribution in [3.8, 4) is 0 Å². The van der Waals surface area contributed by atoms with E-state index in [0.717, 1.165) is 32.2 Å². The fourth-order valence-corrected chi connectivity index (χ4v) is 2.69. The van der Waals surface area contributed by atoms with Crippen LogP contribution in [-0.2, 0) is 0 Å². The summed E-state index contributed by atoms with van der Waals surface area (Å²) in [4.78, 5) is 21.8. The van der Waals surface area contributed by atoms with Crippen LogP contribution in [0.15, 0.2) is 22.9 Å². The van der Waals surface area contributed by atoms with E-state index in [4.69, 9.17) is 4.52 Å². The van der Waals surface area contributed by atoms with Gasteiger partial charge in [-0.3, -0.25) is 4.79 Å². The van der Waals surface area contributed by atoms with E-state index >= 15 is 0 Å². The zero-order chi connectivity index (χ0) is 13.9. The third-order valence-electron chi connectivity index (χ3n) is 3.68. The van der Waals surface area contributed by atoms with Crippen LogP contribution in [-0.4, -0.2) is 32.5 Å². The van der Waals surface area contributed by atoms with Gasteiger partial charge in [-0.15, -0.1) is 0 Å². The van der Waals surface area contributed by atoms with Crippen molar-refractivity contribution in [1.29, 1.82) is 0 Å². The van der Waals surface area contributed by atoms with Crippen molar-refractivity contribution in [3.63, 3.8) is 0 Å². The van der Waals surface area contributed by atoms with Crippen LogP contribution < -0.4 is 0 Å². The number of carbonyl (C=O) groups is 1. The second-order valence-electron chi connectivity index (χ2n) is 5.12. The van der Waals surface area contributed by atoms with Gasteiger partial charge < -0.3 is 14.4 Å². The number of carbonyl (C=O) groups excluding carboxylic acids is 1. The number of hydrogen-bond acceptors (Lipinski definition) is 4. The molecular formula is C14H18N4O2. The normalized spacial score (nSPS) is 19.9. The molecule has 1 amide bonds. The summed E-state index contributed by atoms with van der Waals surface area (Å²) in [6, 6.07) is 3.54. The number of nitrogens with one attached hydrogen (secondary N) is 1. The maximum Gasteiger partial charge on any atom is 0.270 e. The number of amides is 1. The smallest absolute Gasteiger partial charge is 0.270 e. The minimum absolute atomic E-state index is 0.00403. The fraction of sp³-hybridized carbons (Fsp3) is 0.500. The van der Waals surface area contributed by atoms with Gasteiger partial charge in [0, 0.05) is 19.7 Å². The summed E-state index contributed by atoms with van der Waals surface area (Å²) in [6.45, 7) is 2.50. The zero-order valence-electron chi connectivity index (χ0n) is 11.5. The van der Waals surface area contributed by atoms with Crippen LogP contribution in [0.3, 0.4) is 0 Å². The summed E-state index contributed by atoms with van der Waals surface area (Å²) < 4.78 is 5.07. The Labute approximate surface area is 117 Å². The lowest BCUT2D eigenvalue weighted by atomic mass is 10.1. The second-order valence-corrected chi connectivity index (χ2v) is 5.12. The average Bonchev–Trinajstić information content (AvgIpc) is 3.05. The molecule has 3 rings (SSSR count). The molecule has 0 aliphatic carbocycles. The minimum atomic E-state index is -0.0919. The molecule has 1 unspecified atom stereocenters. The highest BCUT2D eigenvalue weighted by atomic mass is 16.5. The Hall–Kier alpha value is -2.11. The SMILES string of the molecule is Cc1nc(C2CCCCCN2C(=O)c2ccc[nH]2)no1. The van der Waals surface area contributed by atoms with Crippen LogP contribution in [0.5, 0.6) is 0 Å². The molecule has 1 aliphatic rings. The highest BCUT2D eigenvalue weighted by molar-refractivity contribution is 5.92. The molecular weight excluding hydrogens is 256 g/mol. The maximum atomic E-state index is 12.6. The van der Waals surface area contributed by atoms with Gasteiger partial charge in [-0.25, -0.2) is 0 Å². The standard InChI is InChI=1S/C14H18N4O2/c1-10-16-13(17-20-10)12-7-3-2-4-9-18(12)14(19)11-6-5-8-15-11/h5-6,8,12,15H,2-4,7,9H2,1H3. The van der Waals surface area contributed by atoms with Gasteiger partial charge in [0.1, 0.15) is 5.69 Å². The number of hydrogen-bond donors (Lipinski definition) is 1. The van der Waals surface area contributed by atoms with Gasteiger partial charge in [0.15, 0.2) is 5.82 Å². The second kappa shape index (κ2) is 5.48. The lowest BCUT2D eigenvalue weighted by molar-refractivity contribution is 0.0665. The van der Waals surface area contributed by atoms with Crippen molar-refractivity contribution in [2.24, 2.45) is 0 Å². The molecule has 3 heterocycles. The topological polar surface area (TPSA) is 75.0 Å². The predicted octanol–water partition coefficient (Wildman–Crippen LogP) is 2.46. The van der Waals surface area contributed by atoms with Gasteiger partial charge in [-0.2, -0.15) is 4.98 Å². The molecule has 1 atom stereocenters. The van der Waals surface area contributed by atoms with Gasteiger partial charge in [-0.1, -0.05) is 18.0 Å². The van der Waals surface area contributed by atoms with Gasteiger partial charge >= 0.3 is 0 Å². The summed E-state index contributed by atoms with van der Waals surface area (Å²) in [7, 11) is 0. The van der Waals surface area contributed by atoms with Crippen molar-refractivity contribution < 1.29 is 9.32 Å². The molecule has 0 aromatic carbocycles. The first-order valence-electron chi connectivity index (χ1n) is 7.00. The molecule has 1 fully saturated rings. The number of nitrogens with zero attached hydrogens (tertiary/aromatic N) is 3. The molecule has 2 aromatic heterocycles.